The van der Waals surface area contributed by atoms with Gasteiger partial charge in [0, 0.05) is 38.0 Å². The van der Waals surface area contributed by atoms with Crippen molar-refractivity contribution in [2.75, 3.05) is 38.8 Å². The first-order valence-electron chi connectivity index (χ1n) is 13.7. The minimum absolute atomic E-state index is 0.224. The Kier molecular flexibility index (Phi) is 9.29. The Morgan fingerprint density at radius 2 is 1.56 bits per heavy atom. The minimum Gasteiger partial charge on any atom is -0.491 e. The maximum Gasteiger partial charge on any atom is 0.336 e. The molecule has 43 heavy (non-hydrogen) atoms. The molecule has 0 saturated heterocycles. The van der Waals surface area contributed by atoms with E-state index in [1.54, 1.807) is 11.3 Å². The molecule has 0 aliphatic heterocycles. The highest BCUT2D eigenvalue weighted by atomic mass is 32.1. The number of fused-ring (bicyclic) bond motifs is 1. The molecule has 0 amide bonds. The van der Waals surface area contributed by atoms with Gasteiger partial charge in [0.1, 0.15) is 23.2 Å². The topological polar surface area (TPSA) is 122 Å². The number of anilines is 1. The molecule has 0 aliphatic carbocycles. The van der Waals surface area contributed by atoms with Crippen molar-refractivity contribution < 1.29 is 29.3 Å². The van der Waals surface area contributed by atoms with Gasteiger partial charge in [-0.15, -0.1) is 11.3 Å². The number of aromatic carboxylic acids is 2. The zero-order chi connectivity index (χ0) is 30.3. The Morgan fingerprint density at radius 3 is 2.26 bits per heavy atom. The Labute approximate surface area is 253 Å². The summed E-state index contributed by atoms with van der Waals surface area (Å²) in [6.07, 6.45) is 3.59. The van der Waals surface area contributed by atoms with Crippen molar-refractivity contribution in [2.24, 2.45) is 0 Å². The van der Waals surface area contributed by atoms with E-state index >= 15 is 0 Å². The number of ether oxygens (including phenoxy) is 2. The van der Waals surface area contributed by atoms with E-state index < -0.39 is 11.9 Å². The Balaban J connectivity index is 1.09. The molecule has 0 radical (unpaired) electrons. The average Bonchev–Trinajstić information content (AvgIpc) is 3.44. The molecule has 5 rings (SSSR count). The number of aromatic nitrogens is 2. The van der Waals surface area contributed by atoms with Gasteiger partial charge in [-0.05, 0) is 66.4 Å². The van der Waals surface area contributed by atoms with Crippen LogP contribution in [-0.4, -0.2) is 66.0 Å². The largest absolute Gasteiger partial charge is 0.491 e. The van der Waals surface area contributed by atoms with E-state index in [1.807, 2.05) is 31.3 Å². The number of hydrogen-bond acceptors (Lipinski definition) is 8. The Hall–Kier alpha value is -4.80. The molecule has 9 nitrogen and oxygen atoms in total. The SMILES string of the molecule is CN(C)c1ccc(-c2ccc(-c3nc4ccc(CCCOCCOc5ccc(C(=O)O)c(C(=O)O)c5)cc4s3)cc2)cn1. The minimum atomic E-state index is -1.32. The van der Waals surface area contributed by atoms with E-state index in [9.17, 15) is 14.7 Å². The summed E-state index contributed by atoms with van der Waals surface area (Å²) >= 11 is 1.68. The first-order valence-corrected chi connectivity index (χ1v) is 14.5. The Morgan fingerprint density at radius 1 is 0.814 bits per heavy atom. The third-order valence-corrected chi connectivity index (χ3v) is 7.89. The monoisotopic (exact) mass is 597 g/mol. The van der Waals surface area contributed by atoms with Crippen molar-refractivity contribution in [1.82, 2.24) is 9.97 Å². The number of nitrogens with zero attached hydrogens (tertiary/aromatic N) is 3. The Bertz CT molecular complexity index is 1730. The predicted octanol–water partition coefficient (Wildman–Crippen LogP) is 6.52. The number of rotatable bonds is 13. The van der Waals surface area contributed by atoms with Crippen LogP contribution in [0.3, 0.4) is 0 Å². The molecule has 220 valence electrons. The fourth-order valence-electron chi connectivity index (χ4n) is 4.55. The van der Waals surface area contributed by atoms with Crippen molar-refractivity contribution >= 4 is 39.3 Å². The van der Waals surface area contributed by atoms with E-state index in [2.05, 4.69) is 53.5 Å². The fraction of sp³-hybridized carbons (Fsp3) is 0.212. The molecule has 2 N–H and O–H groups in total. The molecular formula is C33H31N3O6S. The molecule has 5 aromatic rings. The van der Waals surface area contributed by atoms with Gasteiger partial charge in [-0.25, -0.2) is 19.6 Å². The lowest BCUT2D eigenvalue weighted by molar-refractivity contribution is 0.0650. The first-order chi connectivity index (χ1) is 20.8. The summed E-state index contributed by atoms with van der Waals surface area (Å²) < 4.78 is 12.3. The van der Waals surface area contributed by atoms with Crippen molar-refractivity contribution in [2.45, 2.75) is 12.8 Å². The summed E-state index contributed by atoms with van der Waals surface area (Å²) in [5.41, 5.74) is 4.87. The number of benzene rings is 3. The second kappa shape index (κ2) is 13.5. The highest BCUT2D eigenvalue weighted by Crippen LogP contribution is 2.32. The number of carboxylic acid groups (broad SMARTS) is 2. The molecule has 0 aliphatic rings. The molecule has 10 heteroatoms. The van der Waals surface area contributed by atoms with Gasteiger partial charge in [-0.2, -0.15) is 0 Å². The maximum atomic E-state index is 11.3. The van der Waals surface area contributed by atoms with Crippen LogP contribution in [0.25, 0.3) is 31.9 Å². The molecular weight excluding hydrogens is 566 g/mol. The number of pyridine rings is 1. The smallest absolute Gasteiger partial charge is 0.336 e. The highest BCUT2D eigenvalue weighted by molar-refractivity contribution is 7.21. The molecule has 3 aromatic carbocycles. The van der Waals surface area contributed by atoms with Crippen LogP contribution in [0.15, 0.2) is 79.0 Å². The molecule has 0 bridgehead atoms. The molecule has 0 fully saturated rings. The third kappa shape index (κ3) is 7.35. The van der Waals surface area contributed by atoms with Crippen LogP contribution in [0.4, 0.5) is 5.82 Å². The van der Waals surface area contributed by atoms with Gasteiger partial charge >= 0.3 is 11.9 Å². The number of aryl methyl sites for hydroxylation is 1. The van der Waals surface area contributed by atoms with Crippen molar-refractivity contribution in [1.29, 1.82) is 0 Å². The number of thiazole rings is 1. The van der Waals surface area contributed by atoms with Gasteiger partial charge in [0.15, 0.2) is 0 Å². The number of hydrogen-bond donors (Lipinski definition) is 2. The molecule has 2 aromatic heterocycles. The molecule has 0 unspecified atom stereocenters. The lowest BCUT2D eigenvalue weighted by Gasteiger charge is -2.11. The summed E-state index contributed by atoms with van der Waals surface area (Å²) in [5, 5.41) is 19.3. The van der Waals surface area contributed by atoms with Crippen LogP contribution in [0.5, 0.6) is 5.75 Å². The van der Waals surface area contributed by atoms with Crippen molar-refractivity contribution in [3.8, 4) is 27.4 Å². The van der Waals surface area contributed by atoms with E-state index in [0.29, 0.717) is 13.2 Å². The lowest BCUT2D eigenvalue weighted by atomic mass is 10.1. The summed E-state index contributed by atoms with van der Waals surface area (Å²) in [5.74, 6) is -1.41. The second-order valence-electron chi connectivity index (χ2n) is 10.1. The fourth-order valence-corrected chi connectivity index (χ4v) is 5.58. The summed E-state index contributed by atoms with van der Waals surface area (Å²) in [6.45, 7) is 1.10. The van der Waals surface area contributed by atoms with Gasteiger partial charge in [0.25, 0.3) is 0 Å². The van der Waals surface area contributed by atoms with Gasteiger partial charge in [0.2, 0.25) is 0 Å². The van der Waals surface area contributed by atoms with E-state index in [4.69, 9.17) is 19.6 Å². The first kappa shape index (κ1) is 29.7. The van der Waals surface area contributed by atoms with Crippen LogP contribution in [0, 0.1) is 0 Å². The van der Waals surface area contributed by atoms with E-state index in [1.165, 1.54) is 23.8 Å². The molecule has 0 spiro atoms. The summed E-state index contributed by atoms with van der Waals surface area (Å²) in [6, 6.07) is 22.7. The van der Waals surface area contributed by atoms with Crippen LogP contribution in [0.1, 0.15) is 32.7 Å². The molecule has 0 saturated carbocycles. The highest BCUT2D eigenvalue weighted by Gasteiger charge is 2.17. The quantitative estimate of drug-likeness (QED) is 0.146. The lowest BCUT2D eigenvalue weighted by Crippen LogP contribution is -2.11. The summed E-state index contributed by atoms with van der Waals surface area (Å²) in [7, 11) is 3.95. The normalized spacial score (nSPS) is 11.0. The summed E-state index contributed by atoms with van der Waals surface area (Å²) in [4.78, 5) is 33.8. The van der Waals surface area contributed by atoms with Crippen LogP contribution < -0.4 is 9.64 Å². The van der Waals surface area contributed by atoms with Gasteiger partial charge in [0.05, 0.1) is 28.0 Å². The van der Waals surface area contributed by atoms with E-state index in [-0.39, 0.29) is 23.5 Å². The number of carbonyl (C=O) groups is 2. The van der Waals surface area contributed by atoms with Crippen LogP contribution >= 0.6 is 11.3 Å². The third-order valence-electron chi connectivity index (χ3n) is 6.83. The van der Waals surface area contributed by atoms with Crippen LogP contribution in [0.2, 0.25) is 0 Å². The number of carboxylic acids is 2. The standard InChI is InChI=1S/C33H31N3O6S/c1-36(2)30-14-10-24(20-34-30)22-6-8-23(9-7-22)31-35-28-13-5-21(18-29(28)43-31)4-3-15-41-16-17-42-25-11-12-26(32(37)38)27(19-25)33(39)40/h5-14,18-20H,3-4,15-17H2,1-2H3,(H,37,38)(H,39,40). The molecule has 2 heterocycles. The zero-order valence-corrected chi connectivity index (χ0v) is 24.6. The predicted molar refractivity (Wildman–Crippen MR) is 168 cm³/mol. The van der Waals surface area contributed by atoms with Gasteiger partial charge < -0.3 is 24.6 Å². The molecule has 0 atom stereocenters. The van der Waals surface area contributed by atoms with Gasteiger partial charge in [-0.1, -0.05) is 30.3 Å². The van der Waals surface area contributed by atoms with Crippen LogP contribution in [-0.2, 0) is 11.2 Å². The van der Waals surface area contributed by atoms with Gasteiger partial charge in [-0.3, -0.25) is 0 Å². The second-order valence-corrected chi connectivity index (χ2v) is 11.1. The average molecular weight is 598 g/mol. The zero-order valence-electron chi connectivity index (χ0n) is 23.8. The maximum absolute atomic E-state index is 11.3. The van der Waals surface area contributed by atoms with Crippen molar-refractivity contribution in [3.63, 3.8) is 0 Å². The van der Waals surface area contributed by atoms with E-state index in [0.717, 1.165) is 50.6 Å². The van der Waals surface area contributed by atoms with Crippen molar-refractivity contribution in [3.05, 3.63) is 95.7 Å².